The second-order valence-electron chi connectivity index (χ2n) is 3.66. The van der Waals surface area contributed by atoms with Crippen LogP contribution in [0, 0.1) is 0 Å². The van der Waals surface area contributed by atoms with Crippen LogP contribution in [0.1, 0.15) is 17.3 Å². The monoisotopic (exact) mass is 341 g/mol. The Kier molecular flexibility index (Phi) is 4.97. The molecule has 0 saturated heterocycles. The van der Waals surface area contributed by atoms with E-state index >= 15 is 0 Å². The number of nitrogens with zero attached hydrogens (tertiary/aromatic N) is 1. The van der Waals surface area contributed by atoms with Gasteiger partial charge in [-0.25, -0.2) is 0 Å². The van der Waals surface area contributed by atoms with Crippen LogP contribution in [-0.2, 0) is 4.74 Å². The van der Waals surface area contributed by atoms with Crippen molar-refractivity contribution in [3.63, 3.8) is 0 Å². The van der Waals surface area contributed by atoms with Gasteiger partial charge in [0.25, 0.3) is 0 Å². The quantitative estimate of drug-likeness (QED) is 0.626. The first-order valence-corrected chi connectivity index (χ1v) is 7.84. The van der Waals surface area contributed by atoms with Gasteiger partial charge in [-0.1, -0.05) is 0 Å². The van der Waals surface area contributed by atoms with Gasteiger partial charge in [0.15, 0.2) is 0 Å². The third-order valence-electron chi connectivity index (χ3n) is 2.28. The Morgan fingerprint density at radius 2 is 2.00 bits per heavy atom. The maximum absolute atomic E-state index is 11.5. The number of hydrogen-bond donors (Lipinski definition) is 0. The molecule has 1 aromatic heterocycles. The summed E-state index contributed by atoms with van der Waals surface area (Å²) in [6, 6.07) is 11.3. The number of ether oxygens (including phenoxy) is 1. The fourth-order valence-corrected chi connectivity index (χ4v) is 3.11. The second-order valence-corrected chi connectivity index (χ2v) is 6.39. The molecular formula is C14H12ClNO2Se. The molecule has 98 valence electrons. The van der Waals surface area contributed by atoms with Crippen molar-refractivity contribution in [1.82, 2.24) is 4.98 Å². The first-order valence-electron chi connectivity index (χ1n) is 5.75. The van der Waals surface area contributed by atoms with Crippen molar-refractivity contribution >= 4 is 41.6 Å². The van der Waals surface area contributed by atoms with E-state index in [9.17, 15) is 4.79 Å². The van der Waals surface area contributed by atoms with Gasteiger partial charge in [0, 0.05) is 0 Å². The van der Waals surface area contributed by atoms with Gasteiger partial charge >= 0.3 is 123 Å². The average molecular weight is 341 g/mol. The summed E-state index contributed by atoms with van der Waals surface area (Å²) < 4.78 is 7.06. The van der Waals surface area contributed by atoms with E-state index in [1.807, 2.05) is 30.3 Å². The van der Waals surface area contributed by atoms with Gasteiger partial charge in [-0.2, -0.15) is 0 Å². The maximum atomic E-state index is 11.5. The number of carbonyl (C=O) groups is 1. The summed E-state index contributed by atoms with van der Waals surface area (Å²) >= 11 is 5.95. The fourth-order valence-electron chi connectivity index (χ4n) is 1.40. The summed E-state index contributed by atoms with van der Waals surface area (Å²) in [5.41, 5.74) is 0.484. The minimum absolute atomic E-state index is 0.109. The van der Waals surface area contributed by atoms with Gasteiger partial charge in [-0.05, 0) is 0 Å². The fraction of sp³-hybridized carbons (Fsp3) is 0.143. The second kappa shape index (κ2) is 6.71. The van der Waals surface area contributed by atoms with E-state index in [0.29, 0.717) is 12.2 Å². The number of aromatic nitrogens is 1. The average Bonchev–Trinajstić information content (AvgIpc) is 2.42. The van der Waals surface area contributed by atoms with Crippen molar-refractivity contribution < 1.29 is 9.53 Å². The Morgan fingerprint density at radius 3 is 2.58 bits per heavy atom. The van der Waals surface area contributed by atoms with E-state index in [0.717, 1.165) is 9.61 Å². The van der Waals surface area contributed by atoms with Crippen LogP contribution < -0.4 is 9.05 Å². The molecule has 0 bridgehead atoms. The van der Waals surface area contributed by atoms with Crippen LogP contribution in [0.4, 0.5) is 0 Å². The van der Waals surface area contributed by atoms with Crippen molar-refractivity contribution in [2.24, 2.45) is 0 Å². The molecule has 1 aromatic carbocycles. The Bertz CT molecular complexity index is 555. The summed E-state index contributed by atoms with van der Waals surface area (Å²) in [7, 11) is 0. The van der Waals surface area contributed by atoms with Crippen LogP contribution in [0.25, 0.3) is 0 Å². The Morgan fingerprint density at radius 1 is 1.26 bits per heavy atom. The van der Waals surface area contributed by atoms with Crippen molar-refractivity contribution in [3.05, 3.63) is 53.2 Å². The molecule has 1 heterocycles. The summed E-state index contributed by atoms with van der Waals surface area (Å²) in [5.74, 6) is -0.333. The zero-order valence-electron chi connectivity index (χ0n) is 10.3. The number of hydrogen-bond acceptors (Lipinski definition) is 3. The van der Waals surface area contributed by atoms with Crippen molar-refractivity contribution in [1.29, 1.82) is 0 Å². The van der Waals surface area contributed by atoms with Gasteiger partial charge in [0.05, 0.1) is 0 Å². The molecule has 2 aromatic rings. The van der Waals surface area contributed by atoms with Crippen molar-refractivity contribution in [2.45, 2.75) is 6.92 Å². The van der Waals surface area contributed by atoms with Crippen LogP contribution in [-0.4, -0.2) is 32.5 Å². The summed E-state index contributed by atoms with van der Waals surface area (Å²) in [4.78, 5) is 15.8. The molecule has 0 aliphatic rings. The van der Waals surface area contributed by atoms with E-state index < -0.39 is 0 Å². The molecule has 0 amide bonds. The van der Waals surface area contributed by atoms with Gasteiger partial charge in [0.2, 0.25) is 0 Å². The number of carbonyl (C=O) groups excluding carboxylic acids is 1. The van der Waals surface area contributed by atoms with Crippen molar-refractivity contribution in [2.75, 3.05) is 6.61 Å². The topological polar surface area (TPSA) is 39.2 Å². The first kappa shape index (κ1) is 14.1. The van der Waals surface area contributed by atoms with Crippen LogP contribution in [0.2, 0.25) is 5.02 Å². The van der Waals surface area contributed by atoms with E-state index in [1.165, 1.54) is 4.46 Å². The molecule has 0 radical (unpaired) electrons. The molecule has 2 rings (SSSR count). The van der Waals surface area contributed by atoms with Gasteiger partial charge in [-0.15, -0.1) is 0 Å². The molecule has 0 aliphatic carbocycles. The third-order valence-corrected chi connectivity index (χ3v) is 4.55. The van der Waals surface area contributed by atoms with Gasteiger partial charge in [0.1, 0.15) is 0 Å². The predicted octanol–water partition coefficient (Wildman–Crippen LogP) is 1.57. The molecule has 3 nitrogen and oxygen atoms in total. The number of halogens is 1. The van der Waals surface area contributed by atoms with Crippen LogP contribution >= 0.6 is 11.6 Å². The molecular weight excluding hydrogens is 329 g/mol. The van der Waals surface area contributed by atoms with Gasteiger partial charge in [-0.3, -0.25) is 0 Å². The van der Waals surface area contributed by atoms with Crippen LogP contribution in [0.15, 0.2) is 42.6 Å². The Labute approximate surface area is 123 Å². The molecule has 5 heteroatoms. The number of benzene rings is 1. The minimum atomic E-state index is -0.333. The molecule has 0 saturated carbocycles. The molecule has 19 heavy (non-hydrogen) atoms. The Balaban J connectivity index is 2.06. The molecule has 0 unspecified atom stereocenters. The van der Waals surface area contributed by atoms with Crippen molar-refractivity contribution in [3.8, 4) is 0 Å². The molecule has 0 aliphatic heterocycles. The number of pyridine rings is 1. The third kappa shape index (κ3) is 4.06. The summed E-state index contributed by atoms with van der Waals surface area (Å²) in [6.45, 7) is 2.15. The summed E-state index contributed by atoms with van der Waals surface area (Å²) in [5, 5.41) is 0.727. The van der Waals surface area contributed by atoms with E-state index in [2.05, 4.69) is 4.98 Å². The zero-order chi connectivity index (χ0) is 13.7. The van der Waals surface area contributed by atoms with E-state index in [1.54, 1.807) is 19.2 Å². The summed E-state index contributed by atoms with van der Waals surface area (Å²) in [6.07, 6.45) is 1.56. The SMILES string of the molecule is CCOC(=O)c1ccc([Se]c2ccc(Cl)cc2)nc1. The number of esters is 1. The first-order chi connectivity index (χ1) is 9.19. The number of rotatable bonds is 4. The Hall–Kier alpha value is -1.35. The molecule has 0 spiro atoms. The molecule has 0 atom stereocenters. The standard InChI is InChI=1S/C14H12ClNO2Se/c1-2-18-14(17)10-3-8-13(16-9-10)19-12-6-4-11(15)5-7-12/h3-9H,2H2,1H3. The van der Waals surface area contributed by atoms with Crippen LogP contribution in [0.3, 0.4) is 0 Å². The normalized spacial score (nSPS) is 10.2. The zero-order valence-corrected chi connectivity index (χ0v) is 12.8. The van der Waals surface area contributed by atoms with E-state index in [4.69, 9.17) is 16.3 Å². The molecule has 0 N–H and O–H groups in total. The predicted molar refractivity (Wildman–Crippen MR) is 76.7 cm³/mol. The van der Waals surface area contributed by atoms with Gasteiger partial charge < -0.3 is 0 Å². The van der Waals surface area contributed by atoms with E-state index in [-0.39, 0.29) is 20.9 Å². The molecule has 0 fully saturated rings. The van der Waals surface area contributed by atoms with Crippen LogP contribution in [0.5, 0.6) is 0 Å².